The molecule has 1 aliphatic rings. The maximum absolute atomic E-state index is 13.2. The van der Waals surface area contributed by atoms with E-state index in [0.717, 1.165) is 54.8 Å². The van der Waals surface area contributed by atoms with Crippen molar-refractivity contribution in [3.8, 4) is 5.75 Å². The molecule has 1 aromatic heterocycles. The number of carbonyl (C=O) groups is 1. The SMILES string of the molecule is COc1ccc(CCN2CCC[C@H](CN(C)C(=O)c3cn(C)c4ccccc34)C2)cc1. The second-order valence-corrected chi connectivity index (χ2v) is 8.76. The third-order valence-electron chi connectivity index (χ3n) is 6.48. The number of nitrogens with zero attached hydrogens (tertiary/aromatic N) is 3. The number of ether oxygens (including phenoxy) is 1. The van der Waals surface area contributed by atoms with E-state index in [1.54, 1.807) is 7.11 Å². The lowest BCUT2D eigenvalue weighted by Crippen LogP contribution is -2.42. The van der Waals surface area contributed by atoms with Crippen LogP contribution in [0, 0.1) is 5.92 Å². The van der Waals surface area contributed by atoms with Gasteiger partial charge in [0.1, 0.15) is 5.75 Å². The number of carbonyl (C=O) groups excluding carboxylic acids is 1. The Kier molecular flexibility index (Phi) is 6.62. The summed E-state index contributed by atoms with van der Waals surface area (Å²) in [6.45, 7) is 4.07. The molecule has 1 fully saturated rings. The first-order chi connectivity index (χ1) is 15.0. The molecule has 2 heterocycles. The van der Waals surface area contributed by atoms with Crippen LogP contribution in [0.25, 0.3) is 10.9 Å². The van der Waals surface area contributed by atoms with E-state index < -0.39 is 0 Å². The Morgan fingerprint density at radius 2 is 1.94 bits per heavy atom. The van der Waals surface area contributed by atoms with E-state index in [1.165, 1.54) is 18.4 Å². The second-order valence-electron chi connectivity index (χ2n) is 8.76. The zero-order valence-corrected chi connectivity index (χ0v) is 18.9. The molecule has 5 nitrogen and oxygen atoms in total. The number of hydrogen-bond donors (Lipinski definition) is 0. The highest BCUT2D eigenvalue weighted by molar-refractivity contribution is 6.06. The fourth-order valence-electron chi connectivity index (χ4n) is 4.77. The van der Waals surface area contributed by atoms with E-state index in [1.807, 2.05) is 60.1 Å². The molecule has 0 N–H and O–H groups in total. The van der Waals surface area contributed by atoms with Gasteiger partial charge in [0.25, 0.3) is 5.91 Å². The van der Waals surface area contributed by atoms with Crippen molar-refractivity contribution in [2.75, 3.05) is 40.3 Å². The van der Waals surface area contributed by atoms with Crippen molar-refractivity contribution in [1.29, 1.82) is 0 Å². The summed E-state index contributed by atoms with van der Waals surface area (Å²) in [6, 6.07) is 16.5. The number of aryl methyl sites for hydroxylation is 1. The number of likely N-dealkylation sites (tertiary alicyclic amines) is 1. The van der Waals surface area contributed by atoms with Crippen LogP contribution in [0.15, 0.2) is 54.7 Å². The molecule has 1 atom stereocenters. The van der Waals surface area contributed by atoms with Crippen LogP contribution in [-0.2, 0) is 13.5 Å². The fraction of sp³-hybridized carbons (Fsp3) is 0.423. The van der Waals surface area contributed by atoms with Crippen molar-refractivity contribution in [2.45, 2.75) is 19.3 Å². The summed E-state index contributed by atoms with van der Waals surface area (Å²) in [6.07, 6.45) is 5.39. The summed E-state index contributed by atoms with van der Waals surface area (Å²) in [5.74, 6) is 1.54. The molecule has 0 aliphatic carbocycles. The summed E-state index contributed by atoms with van der Waals surface area (Å²) >= 11 is 0. The van der Waals surface area contributed by atoms with Crippen molar-refractivity contribution in [2.24, 2.45) is 13.0 Å². The van der Waals surface area contributed by atoms with Crippen LogP contribution >= 0.6 is 0 Å². The molecule has 1 amide bonds. The number of piperidine rings is 1. The monoisotopic (exact) mass is 419 g/mol. The van der Waals surface area contributed by atoms with Crippen molar-refractivity contribution in [1.82, 2.24) is 14.4 Å². The van der Waals surface area contributed by atoms with Gasteiger partial charge >= 0.3 is 0 Å². The number of methoxy groups -OCH3 is 1. The first-order valence-electron chi connectivity index (χ1n) is 11.2. The molecular formula is C26H33N3O2. The molecule has 5 heteroatoms. The topological polar surface area (TPSA) is 37.7 Å². The smallest absolute Gasteiger partial charge is 0.255 e. The van der Waals surface area contributed by atoms with Gasteiger partial charge in [0.2, 0.25) is 0 Å². The van der Waals surface area contributed by atoms with Crippen LogP contribution in [0.5, 0.6) is 5.75 Å². The van der Waals surface area contributed by atoms with E-state index >= 15 is 0 Å². The minimum atomic E-state index is 0.118. The fourth-order valence-corrected chi connectivity index (χ4v) is 4.77. The molecule has 0 bridgehead atoms. The Labute approximate surface area is 185 Å². The van der Waals surface area contributed by atoms with E-state index in [-0.39, 0.29) is 5.91 Å². The van der Waals surface area contributed by atoms with Crippen molar-refractivity contribution in [3.05, 3.63) is 65.9 Å². The summed E-state index contributed by atoms with van der Waals surface area (Å²) < 4.78 is 7.29. The third kappa shape index (κ3) is 4.93. The van der Waals surface area contributed by atoms with Gasteiger partial charge in [0.15, 0.2) is 0 Å². The molecule has 1 saturated heterocycles. The number of rotatable bonds is 7. The van der Waals surface area contributed by atoms with Crippen LogP contribution in [-0.4, -0.2) is 60.6 Å². The lowest BCUT2D eigenvalue weighted by molar-refractivity contribution is 0.0732. The number of benzene rings is 2. The summed E-state index contributed by atoms with van der Waals surface area (Å²) in [5, 5.41) is 1.03. The molecule has 3 aromatic rings. The lowest BCUT2D eigenvalue weighted by Gasteiger charge is -2.34. The number of para-hydroxylation sites is 1. The van der Waals surface area contributed by atoms with Gasteiger partial charge in [-0.15, -0.1) is 0 Å². The maximum atomic E-state index is 13.2. The molecule has 0 saturated carbocycles. The molecule has 0 spiro atoms. The largest absolute Gasteiger partial charge is 0.497 e. The second kappa shape index (κ2) is 9.56. The van der Waals surface area contributed by atoms with E-state index in [9.17, 15) is 4.79 Å². The number of hydrogen-bond acceptors (Lipinski definition) is 3. The van der Waals surface area contributed by atoms with Gasteiger partial charge in [-0.25, -0.2) is 0 Å². The Morgan fingerprint density at radius 1 is 1.16 bits per heavy atom. The highest BCUT2D eigenvalue weighted by Gasteiger charge is 2.24. The summed E-state index contributed by atoms with van der Waals surface area (Å²) in [5.41, 5.74) is 3.24. The average Bonchev–Trinajstić information content (AvgIpc) is 3.14. The normalized spacial score (nSPS) is 17.1. The van der Waals surface area contributed by atoms with E-state index in [2.05, 4.69) is 23.1 Å². The first kappa shape index (κ1) is 21.4. The average molecular weight is 420 g/mol. The molecule has 0 unspecified atom stereocenters. The Morgan fingerprint density at radius 3 is 2.71 bits per heavy atom. The molecule has 31 heavy (non-hydrogen) atoms. The van der Waals surface area contributed by atoms with Gasteiger partial charge in [-0.2, -0.15) is 0 Å². The van der Waals surface area contributed by atoms with Gasteiger partial charge in [0.05, 0.1) is 12.7 Å². The van der Waals surface area contributed by atoms with Crippen LogP contribution in [0.2, 0.25) is 0 Å². The standard InChI is InChI=1S/C26H33N3O2/c1-27-19-24(23-8-4-5-9-25(23)27)26(30)28(2)17-21-7-6-15-29(18-21)16-14-20-10-12-22(31-3)13-11-20/h4-5,8-13,19,21H,6-7,14-18H2,1-3H3/t21-/m1/s1. The zero-order valence-electron chi connectivity index (χ0n) is 18.9. The molecule has 0 radical (unpaired) electrons. The van der Waals surface area contributed by atoms with Crippen LogP contribution < -0.4 is 4.74 Å². The third-order valence-corrected chi connectivity index (χ3v) is 6.48. The van der Waals surface area contributed by atoms with Crippen molar-refractivity contribution < 1.29 is 9.53 Å². The van der Waals surface area contributed by atoms with E-state index in [0.29, 0.717) is 5.92 Å². The van der Waals surface area contributed by atoms with Gasteiger partial charge in [-0.1, -0.05) is 30.3 Å². The van der Waals surface area contributed by atoms with Crippen LogP contribution in [0.1, 0.15) is 28.8 Å². The number of aromatic nitrogens is 1. The first-order valence-corrected chi connectivity index (χ1v) is 11.2. The summed E-state index contributed by atoms with van der Waals surface area (Å²) in [4.78, 5) is 17.6. The van der Waals surface area contributed by atoms with Gasteiger partial charge in [-0.05, 0) is 55.5 Å². The number of amides is 1. The molecule has 164 valence electrons. The summed E-state index contributed by atoms with van der Waals surface area (Å²) in [7, 11) is 5.65. The van der Waals surface area contributed by atoms with Gasteiger partial charge in [-0.3, -0.25) is 4.79 Å². The van der Waals surface area contributed by atoms with Crippen LogP contribution in [0.3, 0.4) is 0 Å². The Bertz CT molecular complexity index is 1020. The Balaban J connectivity index is 1.33. The quantitative estimate of drug-likeness (QED) is 0.576. The van der Waals surface area contributed by atoms with Gasteiger partial charge < -0.3 is 19.1 Å². The highest BCUT2D eigenvalue weighted by Crippen LogP contribution is 2.23. The van der Waals surface area contributed by atoms with E-state index in [4.69, 9.17) is 4.74 Å². The molecule has 4 rings (SSSR count). The minimum absolute atomic E-state index is 0.118. The lowest BCUT2D eigenvalue weighted by atomic mass is 9.96. The predicted molar refractivity (Wildman–Crippen MR) is 126 cm³/mol. The Hall–Kier alpha value is -2.79. The predicted octanol–water partition coefficient (Wildman–Crippen LogP) is 4.21. The minimum Gasteiger partial charge on any atom is -0.497 e. The van der Waals surface area contributed by atoms with Crippen LogP contribution in [0.4, 0.5) is 0 Å². The molecule has 1 aliphatic heterocycles. The highest BCUT2D eigenvalue weighted by atomic mass is 16.5. The van der Waals surface area contributed by atoms with Crippen molar-refractivity contribution in [3.63, 3.8) is 0 Å². The molecular weight excluding hydrogens is 386 g/mol. The van der Waals surface area contributed by atoms with Gasteiger partial charge in [0, 0.05) is 50.8 Å². The maximum Gasteiger partial charge on any atom is 0.255 e. The van der Waals surface area contributed by atoms with Crippen molar-refractivity contribution >= 4 is 16.8 Å². The molecule has 2 aromatic carbocycles. The zero-order chi connectivity index (χ0) is 21.8. The number of fused-ring (bicyclic) bond motifs is 1.